The number of carbonyl (C=O) groups is 1. The van der Waals surface area contributed by atoms with Crippen molar-refractivity contribution in [2.24, 2.45) is 7.05 Å². The molecule has 0 aliphatic carbocycles. The molecule has 0 spiro atoms. The highest BCUT2D eigenvalue weighted by molar-refractivity contribution is 5.87. The molecule has 10 heteroatoms. The molecule has 0 radical (unpaired) electrons. The van der Waals surface area contributed by atoms with Crippen LogP contribution in [0.3, 0.4) is 0 Å². The van der Waals surface area contributed by atoms with E-state index in [9.17, 15) is 4.79 Å². The lowest BCUT2D eigenvalue weighted by Gasteiger charge is -2.11. The van der Waals surface area contributed by atoms with E-state index in [0.29, 0.717) is 31.2 Å². The molecule has 3 aromatic rings. The molecule has 1 aliphatic heterocycles. The van der Waals surface area contributed by atoms with Crippen molar-refractivity contribution in [1.82, 2.24) is 19.7 Å². The van der Waals surface area contributed by atoms with Gasteiger partial charge in [0.15, 0.2) is 23.1 Å². The largest absolute Gasteiger partial charge is 0.481 e. The Hall–Kier alpha value is -3.40. The summed E-state index contributed by atoms with van der Waals surface area (Å²) in [5, 5.41) is 16.8. The fourth-order valence-electron chi connectivity index (χ4n) is 3.61. The van der Waals surface area contributed by atoms with Gasteiger partial charge in [-0.15, -0.1) is 0 Å². The Bertz CT molecular complexity index is 1110. The second kappa shape index (κ2) is 9.82. The summed E-state index contributed by atoms with van der Waals surface area (Å²) in [6, 6.07) is 5.83. The maximum Gasteiger partial charge on any atom is 0.303 e. The van der Waals surface area contributed by atoms with Crippen LogP contribution < -0.4 is 14.8 Å². The number of carboxylic acids is 1. The predicted molar refractivity (Wildman–Crippen MR) is 117 cm³/mol. The monoisotopic (exact) mass is 441 g/mol. The quantitative estimate of drug-likeness (QED) is 0.433. The number of carboxylic acid groups (broad SMARTS) is 1. The molecule has 1 aliphatic rings. The lowest BCUT2D eigenvalue weighted by molar-refractivity contribution is -0.137. The molecular formula is C22H27N5O5. The van der Waals surface area contributed by atoms with Crippen LogP contribution in [0.15, 0.2) is 18.2 Å². The molecule has 170 valence electrons. The van der Waals surface area contributed by atoms with Crippen LogP contribution in [-0.4, -0.2) is 44.2 Å². The SMILES string of the molecule is CCCc1nn(C)c2c(NCc3ccc4c(c3)OCO4)nc(COCCCC(=O)O)nc12. The van der Waals surface area contributed by atoms with E-state index in [2.05, 4.69) is 22.3 Å². The number of aliphatic carboxylic acids is 1. The Kier molecular flexibility index (Phi) is 6.69. The number of ether oxygens (including phenoxy) is 3. The molecule has 2 aromatic heterocycles. The van der Waals surface area contributed by atoms with Gasteiger partial charge in [-0.25, -0.2) is 9.97 Å². The zero-order valence-corrected chi connectivity index (χ0v) is 18.3. The highest BCUT2D eigenvalue weighted by atomic mass is 16.7. The van der Waals surface area contributed by atoms with E-state index in [1.165, 1.54) is 0 Å². The standard InChI is InChI=1S/C22H27N5O5/c1-3-5-15-20-21(27(2)26-15)22(25-18(24-20)12-30-9-4-6-19(28)29)23-11-14-7-8-16-17(10-14)32-13-31-16/h7-8,10H,3-6,9,11-13H2,1-2H3,(H,28,29)(H,23,24,25). The third-order valence-corrected chi connectivity index (χ3v) is 5.09. The first-order valence-corrected chi connectivity index (χ1v) is 10.7. The van der Waals surface area contributed by atoms with Crippen molar-refractivity contribution >= 4 is 22.8 Å². The first kappa shape index (κ1) is 21.8. The van der Waals surface area contributed by atoms with Crippen molar-refractivity contribution in [3.63, 3.8) is 0 Å². The minimum atomic E-state index is -0.833. The van der Waals surface area contributed by atoms with Crippen molar-refractivity contribution < 1.29 is 24.1 Å². The van der Waals surface area contributed by atoms with E-state index in [0.717, 1.165) is 46.6 Å². The number of aromatic nitrogens is 4. The van der Waals surface area contributed by atoms with Crippen molar-refractivity contribution in [3.8, 4) is 11.5 Å². The van der Waals surface area contributed by atoms with Gasteiger partial charge in [-0.3, -0.25) is 9.48 Å². The fourth-order valence-corrected chi connectivity index (χ4v) is 3.61. The number of anilines is 1. The van der Waals surface area contributed by atoms with Crippen LogP contribution in [0, 0.1) is 0 Å². The van der Waals surface area contributed by atoms with Crippen LogP contribution in [0.5, 0.6) is 11.5 Å². The molecule has 0 amide bonds. The number of hydrogen-bond acceptors (Lipinski definition) is 8. The number of nitrogens with one attached hydrogen (secondary N) is 1. The third kappa shape index (κ3) is 4.91. The maximum absolute atomic E-state index is 10.7. The summed E-state index contributed by atoms with van der Waals surface area (Å²) in [7, 11) is 1.89. The number of aryl methyl sites for hydroxylation is 2. The molecule has 0 saturated carbocycles. The van der Waals surface area contributed by atoms with Crippen LogP contribution in [0.2, 0.25) is 0 Å². The van der Waals surface area contributed by atoms with Gasteiger partial charge in [0.05, 0.1) is 5.69 Å². The second-order valence-electron chi connectivity index (χ2n) is 7.60. The Morgan fingerprint density at radius 2 is 2.12 bits per heavy atom. The first-order chi connectivity index (χ1) is 15.5. The number of rotatable bonds is 11. The second-order valence-corrected chi connectivity index (χ2v) is 7.60. The molecule has 1 aromatic carbocycles. The van der Waals surface area contributed by atoms with Gasteiger partial charge in [0.2, 0.25) is 6.79 Å². The maximum atomic E-state index is 10.7. The summed E-state index contributed by atoms with van der Waals surface area (Å²) in [4.78, 5) is 20.0. The number of fused-ring (bicyclic) bond motifs is 2. The minimum Gasteiger partial charge on any atom is -0.481 e. The summed E-state index contributed by atoms with van der Waals surface area (Å²) in [6.45, 7) is 3.42. The van der Waals surface area contributed by atoms with E-state index in [-0.39, 0.29) is 19.8 Å². The summed E-state index contributed by atoms with van der Waals surface area (Å²) < 4.78 is 18.3. The Morgan fingerprint density at radius 3 is 2.94 bits per heavy atom. The van der Waals surface area contributed by atoms with E-state index in [4.69, 9.17) is 24.3 Å². The van der Waals surface area contributed by atoms with Crippen LogP contribution in [-0.2, 0) is 36.2 Å². The highest BCUT2D eigenvalue weighted by Gasteiger charge is 2.18. The van der Waals surface area contributed by atoms with Crippen molar-refractivity contribution in [3.05, 3.63) is 35.3 Å². The molecule has 32 heavy (non-hydrogen) atoms. The van der Waals surface area contributed by atoms with E-state index >= 15 is 0 Å². The van der Waals surface area contributed by atoms with Crippen molar-refractivity contribution in [2.75, 3.05) is 18.7 Å². The first-order valence-electron chi connectivity index (χ1n) is 10.7. The molecule has 0 saturated heterocycles. The van der Waals surface area contributed by atoms with Gasteiger partial charge in [0, 0.05) is 26.6 Å². The Balaban J connectivity index is 1.55. The summed E-state index contributed by atoms with van der Waals surface area (Å²) in [6.07, 6.45) is 2.29. The van der Waals surface area contributed by atoms with Crippen molar-refractivity contribution in [1.29, 1.82) is 0 Å². The molecule has 0 atom stereocenters. The summed E-state index contributed by atoms with van der Waals surface area (Å²) in [5.41, 5.74) is 3.60. The predicted octanol–water partition coefficient (Wildman–Crippen LogP) is 3.04. The molecule has 0 fully saturated rings. The van der Waals surface area contributed by atoms with Crippen LogP contribution in [0.1, 0.15) is 43.3 Å². The van der Waals surface area contributed by atoms with Crippen LogP contribution in [0.25, 0.3) is 11.0 Å². The zero-order chi connectivity index (χ0) is 22.5. The average molecular weight is 441 g/mol. The average Bonchev–Trinajstić information content (AvgIpc) is 3.36. The van der Waals surface area contributed by atoms with Gasteiger partial charge in [-0.05, 0) is 30.5 Å². The minimum absolute atomic E-state index is 0.0749. The van der Waals surface area contributed by atoms with Gasteiger partial charge in [-0.2, -0.15) is 5.10 Å². The molecule has 0 bridgehead atoms. The summed E-state index contributed by atoms with van der Waals surface area (Å²) >= 11 is 0. The fraction of sp³-hybridized carbons (Fsp3) is 0.455. The number of hydrogen-bond donors (Lipinski definition) is 2. The topological polar surface area (TPSA) is 121 Å². The lowest BCUT2D eigenvalue weighted by Crippen LogP contribution is -2.09. The van der Waals surface area contributed by atoms with Crippen LogP contribution in [0.4, 0.5) is 5.82 Å². The van der Waals surface area contributed by atoms with Crippen molar-refractivity contribution in [2.45, 2.75) is 45.8 Å². The van der Waals surface area contributed by atoms with Crippen LogP contribution >= 0.6 is 0 Å². The van der Waals surface area contributed by atoms with Gasteiger partial charge in [-0.1, -0.05) is 19.4 Å². The Morgan fingerprint density at radius 1 is 1.28 bits per heavy atom. The smallest absolute Gasteiger partial charge is 0.303 e. The zero-order valence-electron chi connectivity index (χ0n) is 18.3. The highest BCUT2D eigenvalue weighted by Crippen LogP contribution is 2.33. The molecule has 4 rings (SSSR count). The third-order valence-electron chi connectivity index (χ3n) is 5.09. The van der Waals surface area contributed by atoms with E-state index in [1.807, 2.05) is 25.2 Å². The summed E-state index contributed by atoms with van der Waals surface area (Å²) in [5.74, 6) is 1.86. The molecule has 2 N–H and O–H groups in total. The number of nitrogens with zero attached hydrogens (tertiary/aromatic N) is 4. The molecule has 3 heterocycles. The normalized spacial score (nSPS) is 12.4. The molecule has 0 unspecified atom stereocenters. The van der Waals surface area contributed by atoms with E-state index in [1.54, 1.807) is 4.68 Å². The van der Waals surface area contributed by atoms with E-state index < -0.39 is 5.97 Å². The van der Waals surface area contributed by atoms with Gasteiger partial charge in [0.25, 0.3) is 0 Å². The van der Waals surface area contributed by atoms with Gasteiger partial charge < -0.3 is 24.6 Å². The Labute approximate surface area is 185 Å². The lowest BCUT2D eigenvalue weighted by atomic mass is 10.2. The molecule has 10 nitrogen and oxygen atoms in total. The number of benzene rings is 1. The van der Waals surface area contributed by atoms with Gasteiger partial charge >= 0.3 is 5.97 Å². The molecular weight excluding hydrogens is 414 g/mol. The van der Waals surface area contributed by atoms with Gasteiger partial charge in [0.1, 0.15) is 17.6 Å².